The number of allylic oxidation sites excluding steroid dienone is 2. The van der Waals surface area contributed by atoms with E-state index < -0.39 is 26.5 Å². The number of likely N-dealkylation sites (N-methyl/N-ethyl adjacent to an activating group) is 1. The van der Waals surface area contributed by atoms with Crippen molar-refractivity contribution in [2.45, 2.75) is 168 Å². The number of nitrogens with zero attached hydrogens (tertiary/aromatic N) is 1. The highest BCUT2D eigenvalue weighted by molar-refractivity contribution is 7.47. The third-order valence-electron chi connectivity index (χ3n) is 8.05. The zero-order valence-corrected chi connectivity index (χ0v) is 31.9. The van der Waals surface area contributed by atoms with Crippen LogP contribution in [0.25, 0.3) is 0 Å². The summed E-state index contributed by atoms with van der Waals surface area (Å²) in [5.41, 5.74) is 0. The van der Waals surface area contributed by atoms with E-state index in [2.05, 4.69) is 26.0 Å². The minimum Gasteiger partial charge on any atom is -0.462 e. The summed E-state index contributed by atoms with van der Waals surface area (Å²) in [4.78, 5) is 35.1. The van der Waals surface area contributed by atoms with E-state index in [1.165, 1.54) is 77.0 Å². The summed E-state index contributed by atoms with van der Waals surface area (Å²) >= 11 is 0. The fraction of sp³-hybridized carbons (Fsp3) is 0.892. The molecule has 0 saturated carbocycles. The summed E-state index contributed by atoms with van der Waals surface area (Å²) in [5, 5.41) is 0. The minimum atomic E-state index is -4.36. The van der Waals surface area contributed by atoms with Gasteiger partial charge < -0.3 is 18.9 Å². The van der Waals surface area contributed by atoms with Crippen LogP contribution >= 0.6 is 7.82 Å². The van der Waals surface area contributed by atoms with Crippen molar-refractivity contribution in [3.63, 3.8) is 0 Å². The molecule has 2 atom stereocenters. The van der Waals surface area contributed by atoms with Crippen LogP contribution in [0.2, 0.25) is 0 Å². The maximum absolute atomic E-state index is 12.6. The van der Waals surface area contributed by atoms with Gasteiger partial charge in [-0.05, 0) is 38.5 Å². The maximum atomic E-state index is 12.6. The van der Waals surface area contributed by atoms with Crippen LogP contribution < -0.4 is 0 Å². The van der Waals surface area contributed by atoms with Gasteiger partial charge in [0.2, 0.25) is 0 Å². The Balaban J connectivity index is 4.46. The van der Waals surface area contributed by atoms with Gasteiger partial charge in [0.25, 0.3) is 0 Å². The third-order valence-corrected chi connectivity index (χ3v) is 9.03. The van der Waals surface area contributed by atoms with Gasteiger partial charge >= 0.3 is 19.8 Å². The molecule has 0 rings (SSSR count). The topological polar surface area (TPSA) is 108 Å². The van der Waals surface area contributed by atoms with Crippen molar-refractivity contribution in [3.05, 3.63) is 12.2 Å². The van der Waals surface area contributed by atoms with E-state index >= 15 is 0 Å². The van der Waals surface area contributed by atoms with Crippen LogP contribution in [0.4, 0.5) is 0 Å². The minimum absolute atomic E-state index is 0.0327. The fourth-order valence-electron chi connectivity index (χ4n) is 5.01. The summed E-state index contributed by atoms with van der Waals surface area (Å²) < 4.78 is 34.1. The monoisotopic (exact) mass is 691 g/mol. The highest BCUT2D eigenvalue weighted by atomic mass is 31.2. The van der Waals surface area contributed by atoms with Gasteiger partial charge in [-0.3, -0.25) is 18.6 Å². The van der Waals surface area contributed by atoms with Crippen molar-refractivity contribution in [1.29, 1.82) is 0 Å². The molecule has 0 radical (unpaired) electrons. The second-order valence-electron chi connectivity index (χ2n) is 14.0. The normalized spacial score (nSPS) is 13.9. The number of hydrogen-bond donors (Lipinski definition) is 1. The zero-order chi connectivity index (χ0) is 35.1. The van der Waals surface area contributed by atoms with Crippen LogP contribution in [-0.2, 0) is 32.7 Å². The number of rotatable bonds is 34. The lowest BCUT2D eigenvalue weighted by Gasteiger charge is -2.24. The fourth-order valence-corrected chi connectivity index (χ4v) is 5.75. The molecule has 0 saturated heterocycles. The molecule has 0 amide bonds. The molecule has 0 aromatic carbocycles. The predicted molar refractivity (Wildman–Crippen MR) is 192 cm³/mol. The van der Waals surface area contributed by atoms with E-state index in [9.17, 15) is 19.0 Å². The molecule has 278 valence electrons. The first-order valence-corrected chi connectivity index (χ1v) is 20.4. The van der Waals surface area contributed by atoms with Gasteiger partial charge in [-0.2, -0.15) is 0 Å². The highest BCUT2D eigenvalue weighted by Crippen LogP contribution is 2.43. The molecule has 0 aliphatic rings. The molecule has 0 aromatic rings. The van der Waals surface area contributed by atoms with Gasteiger partial charge in [0.15, 0.2) is 6.10 Å². The molecule has 0 aliphatic carbocycles. The van der Waals surface area contributed by atoms with Crippen molar-refractivity contribution < 1.29 is 42.1 Å². The summed E-state index contributed by atoms with van der Waals surface area (Å²) in [7, 11) is 1.47. The second kappa shape index (κ2) is 30.8. The van der Waals surface area contributed by atoms with Crippen LogP contribution in [0.15, 0.2) is 12.2 Å². The van der Waals surface area contributed by atoms with E-state index in [0.29, 0.717) is 23.9 Å². The number of phosphoric ester groups is 1. The van der Waals surface area contributed by atoms with E-state index in [1.807, 2.05) is 21.1 Å². The highest BCUT2D eigenvalue weighted by Gasteiger charge is 2.27. The second-order valence-corrected chi connectivity index (χ2v) is 15.4. The molecular formula is C37H73NO8P+. The number of quaternary nitrogens is 1. The maximum Gasteiger partial charge on any atom is 0.472 e. The van der Waals surface area contributed by atoms with Crippen molar-refractivity contribution in [2.24, 2.45) is 0 Å². The van der Waals surface area contributed by atoms with Gasteiger partial charge in [-0.15, -0.1) is 0 Å². The van der Waals surface area contributed by atoms with Gasteiger partial charge in [-0.1, -0.05) is 122 Å². The molecule has 0 aliphatic heterocycles. The quantitative estimate of drug-likeness (QED) is 0.0234. The largest absolute Gasteiger partial charge is 0.472 e. The average molecular weight is 691 g/mol. The predicted octanol–water partition coefficient (Wildman–Crippen LogP) is 9.85. The van der Waals surface area contributed by atoms with E-state index in [4.69, 9.17) is 18.5 Å². The molecule has 0 aromatic heterocycles. The molecule has 9 nitrogen and oxygen atoms in total. The summed E-state index contributed by atoms with van der Waals surface area (Å²) in [6, 6.07) is 0. The molecular weight excluding hydrogens is 617 g/mol. The summed E-state index contributed by atoms with van der Waals surface area (Å²) in [5.74, 6) is -0.807. The van der Waals surface area contributed by atoms with Crippen molar-refractivity contribution in [3.8, 4) is 0 Å². The summed E-state index contributed by atoms with van der Waals surface area (Å²) in [6.07, 6.45) is 28.3. The molecule has 0 fully saturated rings. The summed E-state index contributed by atoms with van der Waals surface area (Å²) in [6.45, 7) is 4.37. The number of unbranched alkanes of at least 4 members (excludes halogenated alkanes) is 18. The number of carbonyl (C=O) groups excluding carboxylic acids is 2. The SMILES string of the molecule is CCCCC/C=C\CCCCCCCC(=O)OC(COC(=O)CCCCCCCCCCCCC)COP(=O)(O)OCC[N+](C)(C)C. The molecule has 0 spiro atoms. The first kappa shape index (κ1) is 45.8. The number of ether oxygens (including phenoxy) is 2. The van der Waals surface area contributed by atoms with Crippen molar-refractivity contribution >= 4 is 19.8 Å². The molecule has 10 heteroatoms. The first-order valence-electron chi connectivity index (χ1n) is 18.9. The van der Waals surface area contributed by atoms with Crippen LogP contribution in [0.3, 0.4) is 0 Å². The lowest BCUT2D eigenvalue weighted by molar-refractivity contribution is -0.870. The van der Waals surface area contributed by atoms with Crippen LogP contribution in [0, 0.1) is 0 Å². The van der Waals surface area contributed by atoms with E-state index in [1.54, 1.807) is 0 Å². The Morgan fingerprint density at radius 3 is 1.62 bits per heavy atom. The molecule has 1 N–H and O–H groups in total. The van der Waals surface area contributed by atoms with Gasteiger partial charge in [0, 0.05) is 12.8 Å². The Morgan fingerprint density at radius 2 is 1.09 bits per heavy atom. The molecule has 47 heavy (non-hydrogen) atoms. The Labute approximate surface area is 288 Å². The van der Waals surface area contributed by atoms with E-state index in [0.717, 1.165) is 51.4 Å². The number of carbonyl (C=O) groups is 2. The number of phosphoric acid groups is 1. The lowest BCUT2D eigenvalue weighted by atomic mass is 10.1. The smallest absolute Gasteiger partial charge is 0.462 e. The lowest BCUT2D eigenvalue weighted by Crippen LogP contribution is -2.37. The van der Waals surface area contributed by atoms with Gasteiger partial charge in [0.1, 0.15) is 19.8 Å². The van der Waals surface area contributed by atoms with Gasteiger partial charge in [-0.25, -0.2) is 4.57 Å². The Morgan fingerprint density at radius 1 is 0.638 bits per heavy atom. The number of hydrogen-bond acceptors (Lipinski definition) is 7. The molecule has 0 heterocycles. The van der Waals surface area contributed by atoms with Gasteiger partial charge in [0.05, 0.1) is 27.7 Å². The van der Waals surface area contributed by atoms with E-state index in [-0.39, 0.29) is 25.6 Å². The third kappa shape index (κ3) is 34.4. The average Bonchev–Trinajstić information content (AvgIpc) is 3.01. The van der Waals surface area contributed by atoms with Crippen molar-refractivity contribution in [1.82, 2.24) is 0 Å². The van der Waals surface area contributed by atoms with Crippen LogP contribution in [-0.4, -0.2) is 74.9 Å². The zero-order valence-electron chi connectivity index (χ0n) is 31.0. The number of esters is 2. The standard InChI is InChI=1S/C37H72NO8P/c1-6-8-10-12-14-16-18-20-22-24-26-28-30-37(40)46-35(34-45-47(41,42)44-32-31-38(3,4)5)33-43-36(39)29-27-25-23-21-19-17-15-13-11-9-7-2/h14,16,35H,6-13,15,17-34H2,1-5H3/p+1/b16-14-. The Kier molecular flexibility index (Phi) is 30.0. The molecule has 2 unspecified atom stereocenters. The van der Waals surface area contributed by atoms with Crippen LogP contribution in [0.1, 0.15) is 162 Å². The first-order chi connectivity index (χ1) is 22.5. The van der Waals surface area contributed by atoms with Crippen LogP contribution in [0.5, 0.6) is 0 Å². The Hall–Kier alpha value is -1.25. The van der Waals surface area contributed by atoms with Crippen molar-refractivity contribution in [2.75, 3.05) is 47.5 Å². The molecule has 0 bridgehead atoms. The Bertz CT molecular complexity index is 830.